The van der Waals surface area contributed by atoms with E-state index in [4.69, 9.17) is 4.52 Å². The van der Waals surface area contributed by atoms with Gasteiger partial charge in [-0.05, 0) is 51.6 Å². The van der Waals surface area contributed by atoms with Crippen LogP contribution in [0.4, 0.5) is 0 Å². The molecule has 3 heterocycles. The minimum Gasteiger partial charge on any atom is -0.342 e. The summed E-state index contributed by atoms with van der Waals surface area (Å²) in [5, 5.41) is 7.21. The second-order valence-electron chi connectivity index (χ2n) is 6.26. The molecule has 1 amide bonds. The van der Waals surface area contributed by atoms with Crippen LogP contribution in [0, 0.1) is 12.8 Å². The lowest BCUT2D eigenvalue weighted by Crippen LogP contribution is -2.39. The second kappa shape index (κ2) is 7.92. The van der Waals surface area contributed by atoms with Crippen molar-refractivity contribution in [1.29, 1.82) is 0 Å². The first-order valence-corrected chi connectivity index (χ1v) is 8.01. The third-order valence-corrected chi connectivity index (χ3v) is 4.60. The lowest BCUT2D eigenvalue weighted by molar-refractivity contribution is -0.132. The van der Waals surface area contributed by atoms with Gasteiger partial charge in [-0.3, -0.25) is 4.79 Å². The fraction of sp³-hybridized carbons (Fsp3) is 0.800. The number of nitrogens with one attached hydrogen (secondary N) is 1. The van der Waals surface area contributed by atoms with E-state index in [1.54, 1.807) is 0 Å². The number of likely N-dealkylation sites (tertiary alicyclic amines) is 1. The van der Waals surface area contributed by atoms with Gasteiger partial charge in [-0.15, -0.1) is 12.4 Å². The predicted molar refractivity (Wildman–Crippen MR) is 85.0 cm³/mol. The molecular formula is C15H25ClN4O2. The minimum atomic E-state index is 0. The number of piperidine rings is 1. The van der Waals surface area contributed by atoms with Crippen molar-refractivity contribution in [3.8, 4) is 0 Å². The molecule has 2 saturated heterocycles. The topological polar surface area (TPSA) is 71.3 Å². The molecule has 124 valence electrons. The highest BCUT2D eigenvalue weighted by molar-refractivity contribution is 5.85. The van der Waals surface area contributed by atoms with Gasteiger partial charge in [0.15, 0.2) is 5.82 Å². The van der Waals surface area contributed by atoms with E-state index in [1.807, 2.05) is 11.8 Å². The van der Waals surface area contributed by atoms with Crippen molar-refractivity contribution in [3.63, 3.8) is 0 Å². The van der Waals surface area contributed by atoms with Crippen molar-refractivity contribution in [3.05, 3.63) is 11.7 Å². The van der Waals surface area contributed by atoms with Crippen LogP contribution in [-0.2, 0) is 4.79 Å². The van der Waals surface area contributed by atoms with Gasteiger partial charge in [0.25, 0.3) is 0 Å². The predicted octanol–water partition coefficient (Wildman–Crippen LogP) is 1.90. The van der Waals surface area contributed by atoms with E-state index in [9.17, 15) is 4.79 Å². The van der Waals surface area contributed by atoms with Gasteiger partial charge in [0, 0.05) is 19.5 Å². The van der Waals surface area contributed by atoms with Crippen LogP contribution in [0.1, 0.15) is 49.7 Å². The van der Waals surface area contributed by atoms with E-state index in [0.29, 0.717) is 24.1 Å². The van der Waals surface area contributed by atoms with E-state index in [1.165, 1.54) is 6.42 Å². The maximum absolute atomic E-state index is 12.4. The van der Waals surface area contributed by atoms with Crippen molar-refractivity contribution < 1.29 is 9.32 Å². The molecule has 1 aromatic rings. The maximum atomic E-state index is 12.4. The van der Waals surface area contributed by atoms with Crippen molar-refractivity contribution in [2.45, 2.75) is 44.9 Å². The van der Waals surface area contributed by atoms with Crippen LogP contribution in [0.5, 0.6) is 0 Å². The Bertz CT molecular complexity index is 488. The van der Waals surface area contributed by atoms with Gasteiger partial charge in [0.1, 0.15) is 0 Å². The molecule has 7 heteroatoms. The summed E-state index contributed by atoms with van der Waals surface area (Å²) < 4.78 is 5.27. The Kier molecular flexibility index (Phi) is 6.20. The molecule has 1 aromatic heterocycles. The molecule has 0 saturated carbocycles. The van der Waals surface area contributed by atoms with Crippen LogP contribution in [0.15, 0.2) is 4.52 Å². The average Bonchev–Trinajstić information content (AvgIpc) is 3.16. The van der Waals surface area contributed by atoms with E-state index in [0.717, 1.165) is 45.4 Å². The van der Waals surface area contributed by atoms with E-state index in [-0.39, 0.29) is 24.2 Å². The van der Waals surface area contributed by atoms with Crippen LogP contribution < -0.4 is 5.32 Å². The highest BCUT2D eigenvalue weighted by Gasteiger charge is 2.28. The van der Waals surface area contributed by atoms with Crippen molar-refractivity contribution in [1.82, 2.24) is 20.4 Å². The zero-order valence-electron chi connectivity index (χ0n) is 13.1. The monoisotopic (exact) mass is 328 g/mol. The molecular weight excluding hydrogens is 304 g/mol. The molecule has 1 N–H and O–H groups in total. The quantitative estimate of drug-likeness (QED) is 0.914. The fourth-order valence-electron chi connectivity index (χ4n) is 3.33. The van der Waals surface area contributed by atoms with Gasteiger partial charge in [-0.25, -0.2) is 0 Å². The number of aromatic nitrogens is 2. The Morgan fingerprint density at radius 2 is 2.32 bits per heavy atom. The molecule has 0 spiro atoms. The van der Waals surface area contributed by atoms with Crippen LogP contribution in [0.3, 0.4) is 0 Å². The van der Waals surface area contributed by atoms with E-state index >= 15 is 0 Å². The molecule has 0 aromatic carbocycles. The molecule has 2 atom stereocenters. The van der Waals surface area contributed by atoms with E-state index < -0.39 is 0 Å². The molecule has 0 bridgehead atoms. The number of amides is 1. The molecule has 0 radical (unpaired) electrons. The maximum Gasteiger partial charge on any atom is 0.231 e. The number of rotatable bonds is 4. The smallest absolute Gasteiger partial charge is 0.231 e. The molecule has 2 unspecified atom stereocenters. The lowest BCUT2D eigenvalue weighted by Gasteiger charge is -2.31. The van der Waals surface area contributed by atoms with E-state index in [2.05, 4.69) is 15.5 Å². The third-order valence-electron chi connectivity index (χ3n) is 4.60. The van der Waals surface area contributed by atoms with Gasteiger partial charge in [0.05, 0.1) is 5.92 Å². The standard InChI is InChI=1S/C15H24N4O2.ClH/c1-11-17-15(21-18-11)13-3-2-8-19(10-13)14(20)5-4-12-6-7-16-9-12;/h12-13,16H,2-10H2,1H3;1H. The Balaban J connectivity index is 0.00000176. The molecule has 2 fully saturated rings. The van der Waals surface area contributed by atoms with Gasteiger partial charge >= 0.3 is 0 Å². The first kappa shape index (κ1) is 17.2. The molecule has 0 aliphatic carbocycles. The number of halogens is 1. The summed E-state index contributed by atoms with van der Waals surface area (Å²) in [6.45, 7) is 5.58. The molecule has 2 aliphatic rings. The first-order chi connectivity index (χ1) is 10.2. The largest absolute Gasteiger partial charge is 0.342 e. The number of aryl methyl sites for hydroxylation is 1. The second-order valence-corrected chi connectivity index (χ2v) is 6.26. The summed E-state index contributed by atoms with van der Waals surface area (Å²) in [4.78, 5) is 18.7. The Hall–Kier alpha value is -1.14. The zero-order chi connectivity index (χ0) is 14.7. The summed E-state index contributed by atoms with van der Waals surface area (Å²) in [6.07, 6.45) is 4.92. The highest BCUT2D eigenvalue weighted by Crippen LogP contribution is 2.26. The highest BCUT2D eigenvalue weighted by atomic mass is 35.5. The molecule has 3 rings (SSSR count). The van der Waals surface area contributed by atoms with Gasteiger partial charge in [-0.1, -0.05) is 5.16 Å². The number of carbonyl (C=O) groups is 1. The van der Waals surface area contributed by atoms with Gasteiger partial charge in [-0.2, -0.15) is 4.98 Å². The van der Waals surface area contributed by atoms with Crippen LogP contribution in [0.25, 0.3) is 0 Å². The van der Waals surface area contributed by atoms with Crippen molar-refractivity contribution in [2.24, 2.45) is 5.92 Å². The van der Waals surface area contributed by atoms with Crippen molar-refractivity contribution in [2.75, 3.05) is 26.2 Å². The summed E-state index contributed by atoms with van der Waals surface area (Å²) in [5.41, 5.74) is 0. The summed E-state index contributed by atoms with van der Waals surface area (Å²) >= 11 is 0. The number of hydrogen-bond donors (Lipinski definition) is 1. The lowest BCUT2D eigenvalue weighted by atomic mass is 9.96. The van der Waals surface area contributed by atoms with Crippen molar-refractivity contribution >= 4 is 18.3 Å². The molecule has 6 nitrogen and oxygen atoms in total. The SMILES string of the molecule is Cc1noc(C2CCCN(C(=O)CCC3CCNC3)C2)n1.Cl. The number of carbonyl (C=O) groups excluding carboxylic acids is 1. The summed E-state index contributed by atoms with van der Waals surface area (Å²) in [6, 6.07) is 0. The summed E-state index contributed by atoms with van der Waals surface area (Å²) in [5.74, 6) is 2.51. The number of nitrogens with zero attached hydrogens (tertiary/aromatic N) is 3. The Morgan fingerprint density at radius 3 is 3.00 bits per heavy atom. The fourth-order valence-corrected chi connectivity index (χ4v) is 3.33. The normalized spacial score (nSPS) is 25.0. The van der Waals surface area contributed by atoms with Gasteiger partial charge < -0.3 is 14.7 Å². The molecule has 22 heavy (non-hydrogen) atoms. The van der Waals surface area contributed by atoms with Gasteiger partial charge in [0.2, 0.25) is 11.8 Å². The zero-order valence-corrected chi connectivity index (χ0v) is 13.9. The van der Waals surface area contributed by atoms with Crippen LogP contribution >= 0.6 is 12.4 Å². The Morgan fingerprint density at radius 1 is 1.45 bits per heavy atom. The molecule has 2 aliphatic heterocycles. The van der Waals surface area contributed by atoms with Crippen LogP contribution in [-0.4, -0.2) is 47.1 Å². The number of hydrogen-bond acceptors (Lipinski definition) is 5. The Labute approximate surface area is 137 Å². The minimum absolute atomic E-state index is 0. The third kappa shape index (κ3) is 4.20. The van der Waals surface area contributed by atoms with Crippen LogP contribution in [0.2, 0.25) is 0 Å². The first-order valence-electron chi connectivity index (χ1n) is 8.01. The average molecular weight is 329 g/mol. The summed E-state index contributed by atoms with van der Waals surface area (Å²) in [7, 11) is 0.